The molecule has 180 valence electrons. The lowest BCUT2D eigenvalue weighted by Gasteiger charge is -2.21. The minimum Gasteiger partial charge on any atom is -0.469 e. The second kappa shape index (κ2) is 14.3. The molecule has 5 nitrogen and oxygen atoms in total. The van der Waals surface area contributed by atoms with Gasteiger partial charge in [0, 0.05) is 52.1 Å². The van der Waals surface area contributed by atoms with Crippen LogP contribution < -0.4 is 0 Å². The summed E-state index contributed by atoms with van der Waals surface area (Å²) in [6.45, 7) is 4.68. The van der Waals surface area contributed by atoms with Crippen molar-refractivity contribution in [1.29, 1.82) is 0 Å². The first-order valence-electron chi connectivity index (χ1n) is 12.1. The number of esters is 1. The first kappa shape index (κ1) is 25.6. The molecule has 1 heterocycles. The van der Waals surface area contributed by atoms with E-state index in [-0.39, 0.29) is 18.2 Å². The van der Waals surface area contributed by atoms with Crippen LogP contribution in [0.25, 0.3) is 0 Å². The number of Topliss-reactive ketones (excluding diaryl/α,β-unsaturated/α-hetero) is 1. The molecule has 1 atom stereocenters. The number of allylic oxidation sites excluding steroid dienone is 1. The minimum absolute atomic E-state index is 0.103. The van der Waals surface area contributed by atoms with Gasteiger partial charge in [0.2, 0.25) is 0 Å². The molecule has 0 spiro atoms. The number of ketones is 1. The molecule has 0 N–H and O–H groups in total. The largest absolute Gasteiger partial charge is 0.469 e. The molecule has 0 bridgehead atoms. The quantitative estimate of drug-likeness (QED) is 0.480. The van der Waals surface area contributed by atoms with E-state index < -0.39 is 5.92 Å². The number of ether oxygens (including phenoxy) is 1. The second-order valence-corrected chi connectivity index (χ2v) is 8.79. The highest BCUT2D eigenvalue weighted by Gasteiger charge is 2.22. The zero-order valence-electron chi connectivity index (χ0n) is 20.1. The van der Waals surface area contributed by atoms with Crippen LogP contribution in [0.2, 0.25) is 0 Å². The van der Waals surface area contributed by atoms with E-state index in [1.807, 2.05) is 30.3 Å². The fraction of sp³-hybridized carbons (Fsp3) is 0.379. The molecular formula is C29H36N2O3. The van der Waals surface area contributed by atoms with Crippen LogP contribution in [-0.2, 0) is 27.4 Å². The number of hydrogen-bond acceptors (Lipinski definition) is 5. The number of benzene rings is 2. The molecule has 0 fully saturated rings. The Bertz CT molecular complexity index is 940. The van der Waals surface area contributed by atoms with E-state index in [1.165, 1.54) is 18.2 Å². The fourth-order valence-electron chi connectivity index (χ4n) is 4.14. The highest BCUT2D eigenvalue weighted by Crippen LogP contribution is 2.15. The Balaban J connectivity index is 1.74. The Labute approximate surface area is 203 Å². The predicted molar refractivity (Wildman–Crippen MR) is 136 cm³/mol. The summed E-state index contributed by atoms with van der Waals surface area (Å²) in [5.74, 6) is -0.639. The molecule has 3 rings (SSSR count). The SMILES string of the molecule is COC(=O)C1C/C=C/CN(Cc2ccccc2)C/C=C/CN(Cc2ccccc2)CCC(=O)C1. The van der Waals surface area contributed by atoms with Crippen LogP contribution in [-0.4, -0.2) is 54.8 Å². The summed E-state index contributed by atoms with van der Waals surface area (Å²) >= 11 is 0. The van der Waals surface area contributed by atoms with Gasteiger partial charge >= 0.3 is 5.97 Å². The normalized spacial score (nSPS) is 21.2. The van der Waals surface area contributed by atoms with Crippen molar-refractivity contribution in [2.75, 3.05) is 33.3 Å². The van der Waals surface area contributed by atoms with Crippen molar-refractivity contribution in [3.63, 3.8) is 0 Å². The molecule has 0 aliphatic carbocycles. The van der Waals surface area contributed by atoms with Crippen LogP contribution in [0.1, 0.15) is 30.4 Å². The van der Waals surface area contributed by atoms with Gasteiger partial charge in [0.1, 0.15) is 5.78 Å². The van der Waals surface area contributed by atoms with Crippen LogP contribution in [0.4, 0.5) is 0 Å². The number of methoxy groups -OCH3 is 1. The summed E-state index contributed by atoms with van der Waals surface area (Å²) in [6, 6.07) is 20.8. The van der Waals surface area contributed by atoms with Gasteiger partial charge in [0.25, 0.3) is 0 Å². The third-order valence-corrected chi connectivity index (χ3v) is 6.06. The first-order valence-corrected chi connectivity index (χ1v) is 12.1. The molecule has 0 radical (unpaired) electrons. The summed E-state index contributed by atoms with van der Waals surface area (Å²) in [5, 5.41) is 0. The van der Waals surface area contributed by atoms with Gasteiger partial charge in [-0.3, -0.25) is 19.4 Å². The van der Waals surface area contributed by atoms with Crippen LogP contribution >= 0.6 is 0 Å². The molecule has 2 aromatic carbocycles. The van der Waals surface area contributed by atoms with E-state index >= 15 is 0 Å². The van der Waals surface area contributed by atoms with Crippen LogP contribution in [0.5, 0.6) is 0 Å². The third-order valence-electron chi connectivity index (χ3n) is 6.06. The Hall–Kier alpha value is -3.02. The second-order valence-electron chi connectivity index (χ2n) is 8.79. The number of hydrogen-bond donors (Lipinski definition) is 0. The van der Waals surface area contributed by atoms with Crippen molar-refractivity contribution in [2.24, 2.45) is 5.92 Å². The summed E-state index contributed by atoms with van der Waals surface area (Å²) in [7, 11) is 1.39. The molecule has 0 saturated heterocycles. The first-order chi connectivity index (χ1) is 16.6. The molecule has 1 aliphatic rings. The topological polar surface area (TPSA) is 49.9 Å². The molecule has 2 aromatic rings. The fourth-order valence-corrected chi connectivity index (χ4v) is 4.14. The highest BCUT2D eigenvalue weighted by molar-refractivity contribution is 5.84. The average molecular weight is 461 g/mol. The van der Waals surface area contributed by atoms with E-state index in [4.69, 9.17) is 4.74 Å². The molecule has 34 heavy (non-hydrogen) atoms. The molecule has 0 amide bonds. The highest BCUT2D eigenvalue weighted by atomic mass is 16.5. The molecule has 1 unspecified atom stereocenters. The van der Waals surface area contributed by atoms with Crippen molar-refractivity contribution in [1.82, 2.24) is 9.80 Å². The Kier molecular flexibility index (Phi) is 10.8. The van der Waals surface area contributed by atoms with Gasteiger partial charge in [-0.15, -0.1) is 0 Å². The van der Waals surface area contributed by atoms with E-state index in [2.05, 4.69) is 64.4 Å². The number of rotatable bonds is 5. The lowest BCUT2D eigenvalue weighted by molar-refractivity contribution is -0.147. The zero-order chi connectivity index (χ0) is 24.0. The van der Waals surface area contributed by atoms with Crippen molar-refractivity contribution in [3.05, 3.63) is 96.1 Å². The number of carbonyl (C=O) groups is 2. The van der Waals surface area contributed by atoms with Crippen LogP contribution in [0, 0.1) is 5.92 Å². The van der Waals surface area contributed by atoms with Gasteiger partial charge in [-0.1, -0.05) is 85.0 Å². The average Bonchev–Trinajstić information content (AvgIpc) is 2.87. The molecule has 5 heteroatoms. The maximum Gasteiger partial charge on any atom is 0.309 e. The van der Waals surface area contributed by atoms with E-state index in [1.54, 1.807) is 0 Å². The number of nitrogens with zero attached hydrogens (tertiary/aromatic N) is 2. The van der Waals surface area contributed by atoms with Crippen molar-refractivity contribution < 1.29 is 14.3 Å². The van der Waals surface area contributed by atoms with Gasteiger partial charge < -0.3 is 4.74 Å². The van der Waals surface area contributed by atoms with E-state index in [0.29, 0.717) is 19.4 Å². The molecule has 0 saturated carbocycles. The van der Waals surface area contributed by atoms with Gasteiger partial charge in [0.05, 0.1) is 13.0 Å². The maximum absolute atomic E-state index is 12.7. The summed E-state index contributed by atoms with van der Waals surface area (Å²) in [5.41, 5.74) is 2.49. The maximum atomic E-state index is 12.7. The number of carbonyl (C=O) groups excluding carboxylic acids is 2. The van der Waals surface area contributed by atoms with Crippen LogP contribution in [0.3, 0.4) is 0 Å². The van der Waals surface area contributed by atoms with Gasteiger partial charge in [-0.05, 0) is 17.5 Å². The monoisotopic (exact) mass is 460 g/mol. The van der Waals surface area contributed by atoms with Crippen molar-refractivity contribution in [2.45, 2.75) is 32.4 Å². The summed E-state index contributed by atoms with van der Waals surface area (Å²) < 4.78 is 4.97. The Morgan fingerprint density at radius 2 is 1.35 bits per heavy atom. The van der Waals surface area contributed by atoms with E-state index in [0.717, 1.165) is 32.7 Å². The molecular weight excluding hydrogens is 424 g/mol. The lowest BCUT2D eigenvalue weighted by Crippen LogP contribution is -2.28. The van der Waals surface area contributed by atoms with E-state index in [9.17, 15) is 9.59 Å². The zero-order valence-corrected chi connectivity index (χ0v) is 20.1. The predicted octanol–water partition coefficient (Wildman–Crippen LogP) is 4.65. The Morgan fingerprint density at radius 3 is 1.94 bits per heavy atom. The smallest absolute Gasteiger partial charge is 0.309 e. The minimum atomic E-state index is -0.429. The van der Waals surface area contributed by atoms with Gasteiger partial charge in [-0.25, -0.2) is 0 Å². The van der Waals surface area contributed by atoms with Gasteiger partial charge in [-0.2, -0.15) is 0 Å². The van der Waals surface area contributed by atoms with Crippen LogP contribution in [0.15, 0.2) is 85.0 Å². The molecule has 1 aliphatic heterocycles. The molecule has 0 aromatic heterocycles. The van der Waals surface area contributed by atoms with Crippen molar-refractivity contribution >= 4 is 11.8 Å². The van der Waals surface area contributed by atoms with Crippen molar-refractivity contribution in [3.8, 4) is 0 Å². The standard InChI is InChI=1S/C29H36N2O3/c1-34-29(33)27-16-8-9-18-30(23-25-12-4-2-5-13-25)19-10-11-20-31(21-17-28(32)22-27)24-26-14-6-3-7-15-26/h2-15,27H,16-24H2,1H3/b9-8+,11-10+. The van der Waals surface area contributed by atoms with Gasteiger partial charge in [0.15, 0.2) is 0 Å². The Morgan fingerprint density at radius 1 is 0.824 bits per heavy atom. The summed E-state index contributed by atoms with van der Waals surface area (Å²) in [6.07, 6.45) is 9.69. The summed E-state index contributed by atoms with van der Waals surface area (Å²) in [4.78, 5) is 29.7. The third kappa shape index (κ3) is 9.08. The lowest BCUT2D eigenvalue weighted by atomic mass is 9.97.